The topological polar surface area (TPSA) is 64.0 Å². The zero-order valence-corrected chi connectivity index (χ0v) is 17.3. The lowest BCUT2D eigenvalue weighted by molar-refractivity contribution is 0.591. The molecule has 5 nitrogen and oxygen atoms in total. The van der Waals surface area contributed by atoms with Gasteiger partial charge in [-0.25, -0.2) is 13.4 Å². The standard InChI is InChI=1S/C22H27N3O2S/c1-16-9-10-18-19(23-16)11-12-20-22(18)24-21(15-17-7-4-3-5-8-17)25(20)13-6-14-28(2,26)27/h3-5,7-8,11-12,16,23H,6,9-10,13-15H2,1-2H3/t16-/m0/s1. The molecule has 1 atom stereocenters. The number of imidazole rings is 1. The number of aryl methyl sites for hydroxylation is 2. The summed E-state index contributed by atoms with van der Waals surface area (Å²) in [7, 11) is -2.97. The third-order valence-corrected chi connectivity index (χ3v) is 6.47. The van der Waals surface area contributed by atoms with E-state index in [1.807, 2.05) is 18.2 Å². The van der Waals surface area contributed by atoms with Gasteiger partial charge in [-0.15, -0.1) is 0 Å². The first kappa shape index (κ1) is 19.0. The monoisotopic (exact) mass is 397 g/mol. The van der Waals surface area contributed by atoms with E-state index in [4.69, 9.17) is 4.98 Å². The molecule has 0 unspecified atom stereocenters. The third kappa shape index (κ3) is 4.07. The van der Waals surface area contributed by atoms with Gasteiger partial charge >= 0.3 is 0 Å². The Morgan fingerprint density at radius 1 is 1.18 bits per heavy atom. The maximum atomic E-state index is 11.6. The zero-order chi connectivity index (χ0) is 19.7. The number of hydrogen-bond donors (Lipinski definition) is 1. The van der Waals surface area contributed by atoms with Crippen LogP contribution in [0.2, 0.25) is 0 Å². The number of anilines is 1. The molecular weight excluding hydrogens is 370 g/mol. The lowest BCUT2D eigenvalue weighted by Gasteiger charge is -2.24. The molecule has 0 aliphatic carbocycles. The quantitative estimate of drug-likeness (QED) is 0.687. The summed E-state index contributed by atoms with van der Waals surface area (Å²) in [6.07, 6.45) is 4.76. The highest BCUT2D eigenvalue weighted by atomic mass is 32.2. The van der Waals surface area contributed by atoms with Crippen LogP contribution >= 0.6 is 0 Å². The van der Waals surface area contributed by atoms with Gasteiger partial charge in [0.25, 0.3) is 0 Å². The molecule has 1 aliphatic heterocycles. The fraction of sp³-hybridized carbons (Fsp3) is 0.409. The molecule has 2 aromatic carbocycles. The summed E-state index contributed by atoms with van der Waals surface area (Å²) in [5.41, 5.74) is 5.84. The summed E-state index contributed by atoms with van der Waals surface area (Å²) in [4.78, 5) is 5.03. The molecular formula is C22H27N3O2S. The molecule has 1 aliphatic rings. The Bertz CT molecular complexity index is 1090. The van der Waals surface area contributed by atoms with Gasteiger partial charge in [0, 0.05) is 36.5 Å². The molecule has 0 saturated carbocycles. The Hall–Kier alpha value is -2.34. The number of hydrogen-bond acceptors (Lipinski definition) is 4. The van der Waals surface area contributed by atoms with Gasteiger partial charge in [0.1, 0.15) is 15.7 Å². The molecule has 2 heterocycles. The molecule has 0 fully saturated rings. The van der Waals surface area contributed by atoms with Crippen LogP contribution in [0.5, 0.6) is 0 Å². The minimum Gasteiger partial charge on any atom is -0.382 e. The summed E-state index contributed by atoms with van der Waals surface area (Å²) in [6.45, 7) is 2.87. The average Bonchev–Trinajstić information content (AvgIpc) is 2.99. The van der Waals surface area contributed by atoms with E-state index in [0.717, 1.165) is 36.1 Å². The summed E-state index contributed by atoms with van der Waals surface area (Å²) in [5, 5.41) is 3.56. The Balaban J connectivity index is 1.75. The fourth-order valence-corrected chi connectivity index (χ4v) is 4.68. The number of benzene rings is 2. The fourth-order valence-electron chi connectivity index (χ4n) is 4.03. The van der Waals surface area contributed by atoms with Crippen molar-refractivity contribution in [2.75, 3.05) is 17.3 Å². The van der Waals surface area contributed by atoms with Crippen molar-refractivity contribution in [3.63, 3.8) is 0 Å². The van der Waals surface area contributed by atoms with Gasteiger partial charge in [0.05, 0.1) is 16.8 Å². The van der Waals surface area contributed by atoms with E-state index in [1.54, 1.807) is 0 Å². The molecule has 0 bridgehead atoms. The first-order chi connectivity index (χ1) is 13.4. The summed E-state index contributed by atoms with van der Waals surface area (Å²) < 4.78 is 25.4. The predicted octanol–water partition coefficient (Wildman–Crippen LogP) is 3.81. The first-order valence-corrected chi connectivity index (χ1v) is 12.0. The summed E-state index contributed by atoms with van der Waals surface area (Å²) >= 11 is 0. The smallest absolute Gasteiger partial charge is 0.147 e. The van der Waals surface area contributed by atoms with Crippen LogP contribution in [-0.4, -0.2) is 36.0 Å². The van der Waals surface area contributed by atoms with Crippen LogP contribution in [0.15, 0.2) is 42.5 Å². The van der Waals surface area contributed by atoms with Crippen molar-refractivity contribution in [3.8, 4) is 0 Å². The van der Waals surface area contributed by atoms with Crippen molar-refractivity contribution in [1.82, 2.24) is 9.55 Å². The van der Waals surface area contributed by atoms with E-state index >= 15 is 0 Å². The number of nitrogens with one attached hydrogen (secondary N) is 1. The van der Waals surface area contributed by atoms with Crippen LogP contribution in [0.1, 0.15) is 36.7 Å². The second-order valence-corrected chi connectivity index (χ2v) is 10.1. The maximum absolute atomic E-state index is 11.6. The van der Waals surface area contributed by atoms with Gasteiger partial charge in [0.2, 0.25) is 0 Å². The van der Waals surface area contributed by atoms with E-state index in [2.05, 4.69) is 41.1 Å². The third-order valence-electron chi connectivity index (χ3n) is 5.44. The molecule has 148 valence electrons. The van der Waals surface area contributed by atoms with E-state index in [1.165, 1.54) is 23.1 Å². The maximum Gasteiger partial charge on any atom is 0.147 e. The van der Waals surface area contributed by atoms with Crippen LogP contribution < -0.4 is 5.32 Å². The molecule has 1 aromatic heterocycles. The molecule has 0 radical (unpaired) electrons. The Morgan fingerprint density at radius 3 is 2.71 bits per heavy atom. The van der Waals surface area contributed by atoms with Crippen molar-refractivity contribution in [2.24, 2.45) is 0 Å². The van der Waals surface area contributed by atoms with E-state index in [-0.39, 0.29) is 5.75 Å². The molecule has 6 heteroatoms. The minimum absolute atomic E-state index is 0.196. The Morgan fingerprint density at radius 2 is 1.96 bits per heavy atom. The van der Waals surface area contributed by atoms with Gasteiger partial charge in [-0.3, -0.25) is 0 Å². The number of rotatable bonds is 6. The average molecular weight is 398 g/mol. The number of fused-ring (bicyclic) bond motifs is 3. The first-order valence-electron chi connectivity index (χ1n) is 9.90. The lowest BCUT2D eigenvalue weighted by Crippen LogP contribution is -2.22. The van der Waals surface area contributed by atoms with E-state index in [9.17, 15) is 8.42 Å². The van der Waals surface area contributed by atoms with Gasteiger partial charge in [-0.2, -0.15) is 0 Å². The highest BCUT2D eigenvalue weighted by Crippen LogP contribution is 2.32. The van der Waals surface area contributed by atoms with Crippen LogP contribution in [-0.2, 0) is 29.2 Å². The summed E-state index contributed by atoms with van der Waals surface area (Å²) in [6, 6.07) is 15.1. The van der Waals surface area contributed by atoms with Crippen molar-refractivity contribution in [3.05, 3.63) is 59.4 Å². The second-order valence-electron chi connectivity index (χ2n) is 7.87. The van der Waals surface area contributed by atoms with Gasteiger partial charge in [-0.05, 0) is 43.9 Å². The van der Waals surface area contributed by atoms with E-state index < -0.39 is 9.84 Å². The predicted molar refractivity (Wildman–Crippen MR) is 115 cm³/mol. The van der Waals surface area contributed by atoms with Crippen LogP contribution in [0.25, 0.3) is 11.0 Å². The van der Waals surface area contributed by atoms with Gasteiger partial charge in [0.15, 0.2) is 0 Å². The van der Waals surface area contributed by atoms with Gasteiger partial charge < -0.3 is 9.88 Å². The number of aromatic nitrogens is 2. The van der Waals surface area contributed by atoms with Crippen molar-refractivity contribution in [1.29, 1.82) is 0 Å². The minimum atomic E-state index is -2.97. The second kappa shape index (κ2) is 7.59. The molecule has 1 N–H and O–H groups in total. The van der Waals surface area contributed by atoms with Crippen molar-refractivity contribution in [2.45, 2.75) is 45.2 Å². The van der Waals surface area contributed by atoms with Crippen molar-refractivity contribution >= 4 is 26.6 Å². The Kier molecular flexibility index (Phi) is 5.15. The normalized spacial score (nSPS) is 16.7. The van der Waals surface area contributed by atoms with E-state index in [0.29, 0.717) is 19.0 Å². The number of nitrogens with zero attached hydrogens (tertiary/aromatic N) is 2. The zero-order valence-electron chi connectivity index (χ0n) is 16.5. The Labute approximate surface area is 166 Å². The number of sulfone groups is 1. The molecule has 4 rings (SSSR count). The largest absolute Gasteiger partial charge is 0.382 e. The molecule has 28 heavy (non-hydrogen) atoms. The molecule has 0 saturated heterocycles. The van der Waals surface area contributed by atoms with Crippen LogP contribution in [0, 0.1) is 0 Å². The van der Waals surface area contributed by atoms with Crippen LogP contribution in [0.4, 0.5) is 5.69 Å². The summed E-state index contributed by atoms with van der Waals surface area (Å²) in [5.74, 6) is 1.20. The molecule has 0 spiro atoms. The lowest BCUT2D eigenvalue weighted by atomic mass is 9.98. The molecule has 0 amide bonds. The van der Waals surface area contributed by atoms with Crippen molar-refractivity contribution < 1.29 is 8.42 Å². The van der Waals surface area contributed by atoms with Gasteiger partial charge in [-0.1, -0.05) is 30.3 Å². The highest BCUT2D eigenvalue weighted by molar-refractivity contribution is 7.90. The SMILES string of the molecule is C[C@H]1CCc2c(ccc3c2nc(Cc2ccccc2)n3CCCS(C)(=O)=O)N1. The van der Waals surface area contributed by atoms with Crippen LogP contribution in [0.3, 0.4) is 0 Å². The highest BCUT2D eigenvalue weighted by Gasteiger charge is 2.21. The molecule has 3 aromatic rings.